The Hall–Kier alpha value is -2.98. The molecule has 0 radical (unpaired) electrons. The van der Waals surface area contributed by atoms with Crippen LogP contribution >= 0.6 is 11.6 Å². The van der Waals surface area contributed by atoms with Crippen molar-refractivity contribution in [2.75, 3.05) is 17.8 Å². The molecule has 0 unspecified atom stereocenters. The SMILES string of the molecule is CC(C)NC(=O)[C@@H](C)Oc1cc(F)ccc1Nc1ncnc2cc(N=S(C)(C)=O)cc(Cl)c12. The van der Waals surface area contributed by atoms with E-state index in [1.807, 2.05) is 13.8 Å². The van der Waals surface area contributed by atoms with E-state index in [2.05, 4.69) is 25.0 Å². The van der Waals surface area contributed by atoms with Crippen LogP contribution in [-0.4, -0.2) is 44.7 Å². The van der Waals surface area contributed by atoms with Crippen LogP contribution in [0.1, 0.15) is 20.8 Å². The van der Waals surface area contributed by atoms with Crippen LogP contribution in [0.25, 0.3) is 10.9 Å². The maximum absolute atomic E-state index is 14.0. The van der Waals surface area contributed by atoms with Crippen LogP contribution < -0.4 is 15.4 Å². The van der Waals surface area contributed by atoms with Gasteiger partial charge in [-0.3, -0.25) is 4.79 Å². The first-order valence-electron chi connectivity index (χ1n) is 10.1. The summed E-state index contributed by atoms with van der Waals surface area (Å²) in [5.74, 6) is -0.365. The smallest absolute Gasteiger partial charge is 0.260 e. The van der Waals surface area contributed by atoms with E-state index < -0.39 is 21.7 Å². The lowest BCUT2D eigenvalue weighted by atomic mass is 10.2. The number of carbonyl (C=O) groups excluding carboxylic acids is 1. The van der Waals surface area contributed by atoms with E-state index in [1.165, 1.54) is 37.0 Å². The van der Waals surface area contributed by atoms with E-state index in [0.717, 1.165) is 0 Å². The third-order valence-electron chi connectivity index (χ3n) is 4.30. The summed E-state index contributed by atoms with van der Waals surface area (Å²) >= 11 is 6.48. The second-order valence-corrected chi connectivity index (χ2v) is 11.0. The average Bonchev–Trinajstić information content (AvgIpc) is 2.68. The van der Waals surface area contributed by atoms with E-state index >= 15 is 0 Å². The Morgan fingerprint density at radius 1 is 1.18 bits per heavy atom. The molecule has 0 saturated carbocycles. The highest BCUT2D eigenvalue weighted by molar-refractivity contribution is 7.92. The number of carbonyl (C=O) groups is 1. The summed E-state index contributed by atoms with van der Waals surface area (Å²) in [6.07, 6.45) is 3.53. The molecule has 1 atom stereocenters. The second-order valence-electron chi connectivity index (χ2n) is 8.01. The first-order chi connectivity index (χ1) is 15.4. The topological polar surface area (TPSA) is 106 Å². The number of nitrogens with one attached hydrogen (secondary N) is 2. The molecule has 0 aliphatic carbocycles. The molecular formula is C22H25ClFN5O3S. The Balaban J connectivity index is 1.99. The number of amides is 1. The summed E-state index contributed by atoms with van der Waals surface area (Å²) in [5.41, 5.74) is 1.30. The van der Waals surface area contributed by atoms with Crippen LogP contribution in [-0.2, 0) is 14.5 Å². The van der Waals surface area contributed by atoms with Gasteiger partial charge in [0.1, 0.15) is 23.7 Å². The molecule has 2 aromatic carbocycles. The summed E-state index contributed by atoms with van der Waals surface area (Å²) in [7, 11) is -2.38. The maximum Gasteiger partial charge on any atom is 0.260 e. The average molecular weight is 494 g/mol. The molecule has 0 fully saturated rings. The number of ether oxygens (including phenoxy) is 1. The zero-order chi connectivity index (χ0) is 24.3. The quantitative estimate of drug-likeness (QED) is 0.489. The van der Waals surface area contributed by atoms with Crippen LogP contribution in [0.4, 0.5) is 21.6 Å². The van der Waals surface area contributed by atoms with Gasteiger partial charge in [-0.1, -0.05) is 11.6 Å². The van der Waals surface area contributed by atoms with Gasteiger partial charge >= 0.3 is 0 Å². The number of anilines is 2. The number of fused-ring (bicyclic) bond motifs is 1. The molecule has 3 aromatic rings. The van der Waals surface area contributed by atoms with Gasteiger partial charge in [0.05, 0.1) is 27.3 Å². The first kappa shape index (κ1) is 24.7. The minimum absolute atomic E-state index is 0.0615. The van der Waals surface area contributed by atoms with Gasteiger partial charge in [0.2, 0.25) is 0 Å². The Kier molecular flexibility index (Phi) is 7.38. The molecule has 0 aliphatic rings. The molecule has 1 aromatic heterocycles. The van der Waals surface area contributed by atoms with Crippen molar-refractivity contribution >= 4 is 55.3 Å². The maximum atomic E-state index is 14.0. The molecule has 1 heterocycles. The standard InChI is InChI=1S/C22H25ClFN5O3S/c1-12(2)27-22(30)13(3)32-19-8-14(24)6-7-17(19)28-21-20-16(23)9-15(29-33(4,5)31)10-18(20)25-11-26-21/h6-13H,1-5H3,(H,27,30)(H,25,26,28)/t13-/m1/s1. The minimum Gasteiger partial charge on any atom is -0.479 e. The van der Waals surface area contributed by atoms with Crippen molar-refractivity contribution in [3.8, 4) is 5.75 Å². The fourth-order valence-electron chi connectivity index (χ4n) is 3.00. The predicted octanol–water partition coefficient (Wildman–Crippen LogP) is 4.82. The van der Waals surface area contributed by atoms with Crippen molar-refractivity contribution in [1.82, 2.24) is 15.3 Å². The Morgan fingerprint density at radius 2 is 1.91 bits per heavy atom. The van der Waals surface area contributed by atoms with Crippen LogP contribution in [0.5, 0.6) is 5.75 Å². The third kappa shape index (κ3) is 6.52. The number of halogens is 2. The highest BCUT2D eigenvalue weighted by Gasteiger charge is 2.19. The Labute approximate surface area is 197 Å². The van der Waals surface area contributed by atoms with Crippen LogP contribution in [0.15, 0.2) is 41.0 Å². The molecule has 176 valence electrons. The van der Waals surface area contributed by atoms with Crippen molar-refractivity contribution in [3.05, 3.63) is 47.5 Å². The van der Waals surface area contributed by atoms with Crippen LogP contribution in [0.2, 0.25) is 5.02 Å². The van der Waals surface area contributed by atoms with Crippen molar-refractivity contribution < 1.29 is 18.1 Å². The van der Waals surface area contributed by atoms with Gasteiger partial charge in [-0.2, -0.15) is 4.36 Å². The highest BCUT2D eigenvalue weighted by atomic mass is 35.5. The predicted molar refractivity (Wildman–Crippen MR) is 130 cm³/mol. The fourth-order valence-corrected chi connectivity index (χ4v) is 3.91. The van der Waals surface area contributed by atoms with Gasteiger partial charge < -0.3 is 15.4 Å². The molecule has 11 heteroatoms. The molecule has 2 N–H and O–H groups in total. The van der Waals surface area contributed by atoms with Crippen molar-refractivity contribution in [1.29, 1.82) is 0 Å². The first-order valence-corrected chi connectivity index (χ1v) is 12.8. The van der Waals surface area contributed by atoms with E-state index in [4.69, 9.17) is 16.3 Å². The lowest BCUT2D eigenvalue weighted by Gasteiger charge is -2.19. The molecule has 8 nitrogen and oxygen atoms in total. The van der Waals surface area contributed by atoms with E-state index in [-0.39, 0.29) is 17.7 Å². The van der Waals surface area contributed by atoms with Crippen molar-refractivity contribution in [2.24, 2.45) is 4.36 Å². The summed E-state index contributed by atoms with van der Waals surface area (Å²) in [6.45, 7) is 5.25. The largest absolute Gasteiger partial charge is 0.479 e. The monoisotopic (exact) mass is 493 g/mol. The van der Waals surface area contributed by atoms with Crippen molar-refractivity contribution in [2.45, 2.75) is 32.9 Å². The number of hydrogen-bond donors (Lipinski definition) is 2. The van der Waals surface area contributed by atoms with E-state index in [9.17, 15) is 13.4 Å². The number of hydrogen-bond acceptors (Lipinski definition) is 7. The molecule has 1 amide bonds. The number of nitrogens with zero attached hydrogens (tertiary/aromatic N) is 3. The minimum atomic E-state index is -2.38. The molecule has 0 spiro atoms. The fraction of sp³-hybridized carbons (Fsp3) is 0.318. The lowest BCUT2D eigenvalue weighted by molar-refractivity contribution is -0.127. The summed E-state index contributed by atoms with van der Waals surface area (Å²) in [4.78, 5) is 20.7. The van der Waals surface area contributed by atoms with Gasteiger partial charge in [0.25, 0.3) is 5.91 Å². The molecular weight excluding hydrogens is 469 g/mol. The molecule has 0 aliphatic heterocycles. The van der Waals surface area contributed by atoms with Crippen LogP contribution in [0, 0.1) is 5.82 Å². The van der Waals surface area contributed by atoms with Gasteiger partial charge in [-0.05, 0) is 45.0 Å². The lowest BCUT2D eigenvalue weighted by Crippen LogP contribution is -2.40. The normalized spacial score (nSPS) is 12.5. The molecule has 0 bridgehead atoms. The number of aromatic nitrogens is 2. The van der Waals surface area contributed by atoms with E-state index in [0.29, 0.717) is 33.1 Å². The van der Waals surface area contributed by atoms with E-state index in [1.54, 1.807) is 19.1 Å². The van der Waals surface area contributed by atoms with Gasteiger partial charge in [-0.15, -0.1) is 0 Å². The van der Waals surface area contributed by atoms with Gasteiger partial charge in [0.15, 0.2) is 6.10 Å². The van der Waals surface area contributed by atoms with Gasteiger partial charge in [-0.25, -0.2) is 18.6 Å². The number of rotatable bonds is 7. The summed E-state index contributed by atoms with van der Waals surface area (Å²) < 4.78 is 35.9. The third-order valence-corrected chi connectivity index (χ3v) is 5.25. The number of benzene rings is 2. The zero-order valence-corrected chi connectivity index (χ0v) is 20.4. The van der Waals surface area contributed by atoms with Crippen LogP contribution in [0.3, 0.4) is 0 Å². The van der Waals surface area contributed by atoms with Gasteiger partial charge in [0, 0.05) is 34.3 Å². The highest BCUT2D eigenvalue weighted by Crippen LogP contribution is 2.36. The van der Waals surface area contributed by atoms with Crippen molar-refractivity contribution in [3.63, 3.8) is 0 Å². The summed E-state index contributed by atoms with van der Waals surface area (Å²) in [6, 6.07) is 7.09. The zero-order valence-electron chi connectivity index (χ0n) is 18.8. The Bertz CT molecular complexity index is 1320. The Morgan fingerprint density at radius 3 is 2.58 bits per heavy atom. The molecule has 0 saturated heterocycles. The molecule has 3 rings (SSSR count). The summed E-state index contributed by atoms with van der Waals surface area (Å²) in [5, 5.41) is 6.64. The molecule has 33 heavy (non-hydrogen) atoms. The second kappa shape index (κ2) is 9.88.